The van der Waals surface area contributed by atoms with Crippen molar-refractivity contribution < 1.29 is 0 Å². The van der Waals surface area contributed by atoms with Crippen LogP contribution < -0.4 is 11.5 Å². The highest BCUT2D eigenvalue weighted by molar-refractivity contribution is 5.47. The van der Waals surface area contributed by atoms with Crippen molar-refractivity contribution in [2.75, 3.05) is 12.3 Å². The molecule has 0 atom stereocenters. The van der Waals surface area contributed by atoms with E-state index in [1.807, 2.05) is 24.3 Å². The van der Waals surface area contributed by atoms with Crippen LogP contribution in [0.2, 0.25) is 0 Å². The van der Waals surface area contributed by atoms with Gasteiger partial charge in [0.05, 0.1) is 17.6 Å². The molecular formula is C8H11N3. The van der Waals surface area contributed by atoms with E-state index in [1.54, 1.807) is 6.20 Å². The Morgan fingerprint density at radius 3 is 2.82 bits per heavy atom. The molecule has 1 aromatic rings. The van der Waals surface area contributed by atoms with E-state index in [2.05, 4.69) is 4.98 Å². The van der Waals surface area contributed by atoms with Crippen molar-refractivity contribution in [1.82, 2.24) is 4.98 Å². The number of rotatable bonds is 2. The van der Waals surface area contributed by atoms with Crippen LogP contribution in [0.5, 0.6) is 0 Å². The zero-order chi connectivity index (χ0) is 8.10. The van der Waals surface area contributed by atoms with Crippen molar-refractivity contribution in [3.63, 3.8) is 0 Å². The number of aromatic nitrogens is 1. The van der Waals surface area contributed by atoms with Gasteiger partial charge in [-0.15, -0.1) is 0 Å². The fourth-order valence-corrected chi connectivity index (χ4v) is 0.704. The molecule has 0 aliphatic rings. The molecule has 0 aliphatic carbocycles. The molecule has 1 rings (SSSR count). The van der Waals surface area contributed by atoms with Gasteiger partial charge in [-0.05, 0) is 18.2 Å². The molecule has 0 unspecified atom stereocenters. The van der Waals surface area contributed by atoms with Crippen LogP contribution >= 0.6 is 0 Å². The molecule has 1 heterocycles. The summed E-state index contributed by atoms with van der Waals surface area (Å²) in [5.74, 6) is 0. The second-order valence-electron chi connectivity index (χ2n) is 2.15. The van der Waals surface area contributed by atoms with Gasteiger partial charge >= 0.3 is 0 Å². The molecule has 0 aromatic carbocycles. The molecule has 0 bridgehead atoms. The van der Waals surface area contributed by atoms with Gasteiger partial charge in [0.1, 0.15) is 0 Å². The molecule has 0 spiro atoms. The first-order valence-corrected chi connectivity index (χ1v) is 3.41. The summed E-state index contributed by atoms with van der Waals surface area (Å²) < 4.78 is 0. The largest absolute Gasteiger partial charge is 0.397 e. The van der Waals surface area contributed by atoms with Gasteiger partial charge in [-0.25, -0.2) is 0 Å². The fourth-order valence-electron chi connectivity index (χ4n) is 0.704. The summed E-state index contributed by atoms with van der Waals surface area (Å²) in [4.78, 5) is 4.05. The number of nitrogens with zero attached hydrogens (tertiary/aromatic N) is 1. The topological polar surface area (TPSA) is 64.9 Å². The number of hydrogen-bond donors (Lipinski definition) is 2. The second-order valence-corrected chi connectivity index (χ2v) is 2.15. The number of hydrogen-bond acceptors (Lipinski definition) is 3. The minimum absolute atomic E-state index is 0.534. The van der Waals surface area contributed by atoms with Gasteiger partial charge < -0.3 is 11.5 Å². The Morgan fingerprint density at radius 2 is 2.27 bits per heavy atom. The molecule has 0 saturated carbocycles. The van der Waals surface area contributed by atoms with Crippen LogP contribution in [0.15, 0.2) is 24.4 Å². The van der Waals surface area contributed by atoms with Gasteiger partial charge in [-0.2, -0.15) is 0 Å². The van der Waals surface area contributed by atoms with E-state index in [0.29, 0.717) is 12.2 Å². The van der Waals surface area contributed by atoms with Crippen LogP contribution in [0, 0.1) is 0 Å². The smallest absolute Gasteiger partial charge is 0.0628 e. The predicted octanol–water partition coefficient (Wildman–Crippen LogP) is 0.636. The Hall–Kier alpha value is -1.35. The highest BCUT2D eigenvalue weighted by Gasteiger charge is 1.85. The van der Waals surface area contributed by atoms with Crippen molar-refractivity contribution in [2.24, 2.45) is 5.73 Å². The van der Waals surface area contributed by atoms with Crippen molar-refractivity contribution >= 4 is 11.8 Å². The summed E-state index contributed by atoms with van der Waals surface area (Å²) in [6.45, 7) is 0.534. The predicted molar refractivity (Wildman–Crippen MR) is 46.7 cm³/mol. The maximum atomic E-state index is 5.44. The van der Waals surface area contributed by atoms with Gasteiger partial charge in [-0.1, -0.05) is 6.08 Å². The van der Waals surface area contributed by atoms with Gasteiger partial charge in [0.15, 0.2) is 0 Å². The normalized spacial score (nSPS) is 10.6. The highest BCUT2D eigenvalue weighted by Crippen LogP contribution is 2.01. The second kappa shape index (κ2) is 3.73. The quantitative estimate of drug-likeness (QED) is 0.648. The van der Waals surface area contributed by atoms with Crippen LogP contribution in [0.4, 0.5) is 5.69 Å². The van der Waals surface area contributed by atoms with E-state index in [4.69, 9.17) is 11.5 Å². The Labute approximate surface area is 65.7 Å². The van der Waals surface area contributed by atoms with Crippen molar-refractivity contribution in [1.29, 1.82) is 0 Å². The minimum atomic E-state index is 0.534. The Bertz CT molecular complexity index is 238. The van der Waals surface area contributed by atoms with Gasteiger partial charge in [0, 0.05) is 6.54 Å². The Balaban J connectivity index is 2.73. The molecule has 3 nitrogen and oxygen atoms in total. The third kappa shape index (κ3) is 2.39. The number of nitrogen functional groups attached to an aromatic ring is 1. The molecule has 0 aliphatic heterocycles. The number of nitrogens with two attached hydrogens (primary N) is 2. The van der Waals surface area contributed by atoms with Crippen LogP contribution in [-0.4, -0.2) is 11.5 Å². The van der Waals surface area contributed by atoms with E-state index < -0.39 is 0 Å². The SMILES string of the molecule is NCC=Cc1ccc(N)cn1. The minimum Gasteiger partial charge on any atom is -0.397 e. The number of anilines is 1. The Morgan fingerprint density at radius 1 is 1.45 bits per heavy atom. The maximum Gasteiger partial charge on any atom is 0.0628 e. The zero-order valence-corrected chi connectivity index (χ0v) is 6.20. The van der Waals surface area contributed by atoms with E-state index in [0.717, 1.165) is 5.69 Å². The molecular weight excluding hydrogens is 138 g/mol. The maximum absolute atomic E-state index is 5.44. The van der Waals surface area contributed by atoms with Gasteiger partial charge in [0.2, 0.25) is 0 Å². The summed E-state index contributed by atoms with van der Waals surface area (Å²) in [5, 5.41) is 0. The first-order valence-electron chi connectivity index (χ1n) is 3.41. The lowest BCUT2D eigenvalue weighted by molar-refractivity contribution is 1.25. The summed E-state index contributed by atoms with van der Waals surface area (Å²) in [5.41, 5.74) is 12.3. The molecule has 1 aromatic heterocycles. The van der Waals surface area contributed by atoms with Crippen molar-refractivity contribution in [3.8, 4) is 0 Å². The molecule has 11 heavy (non-hydrogen) atoms. The number of pyridine rings is 1. The standard InChI is InChI=1S/C8H11N3/c9-5-1-2-8-4-3-7(10)6-11-8/h1-4,6H,5,9-10H2. The van der Waals surface area contributed by atoms with Crippen LogP contribution in [-0.2, 0) is 0 Å². The highest BCUT2D eigenvalue weighted by atomic mass is 14.7. The lowest BCUT2D eigenvalue weighted by Crippen LogP contribution is -1.92. The first-order chi connectivity index (χ1) is 5.33. The van der Waals surface area contributed by atoms with Crippen LogP contribution in [0.25, 0.3) is 6.08 Å². The average molecular weight is 149 g/mol. The first kappa shape index (κ1) is 7.75. The summed E-state index contributed by atoms with van der Waals surface area (Å²) in [6, 6.07) is 3.66. The molecule has 0 amide bonds. The van der Waals surface area contributed by atoms with E-state index in [1.165, 1.54) is 0 Å². The van der Waals surface area contributed by atoms with Crippen LogP contribution in [0.3, 0.4) is 0 Å². The summed E-state index contributed by atoms with van der Waals surface area (Å²) >= 11 is 0. The molecule has 3 heteroatoms. The Kier molecular flexibility index (Phi) is 2.63. The van der Waals surface area contributed by atoms with E-state index in [9.17, 15) is 0 Å². The fraction of sp³-hybridized carbons (Fsp3) is 0.125. The summed E-state index contributed by atoms with van der Waals surface area (Å²) in [6.07, 6.45) is 5.33. The zero-order valence-electron chi connectivity index (χ0n) is 6.20. The van der Waals surface area contributed by atoms with E-state index in [-0.39, 0.29) is 0 Å². The molecule has 58 valence electrons. The third-order valence-electron chi connectivity index (χ3n) is 1.23. The molecule has 0 saturated heterocycles. The molecule has 0 fully saturated rings. The average Bonchev–Trinajstić information content (AvgIpc) is 2.04. The monoisotopic (exact) mass is 149 g/mol. The van der Waals surface area contributed by atoms with Crippen molar-refractivity contribution in [3.05, 3.63) is 30.1 Å². The van der Waals surface area contributed by atoms with Crippen molar-refractivity contribution in [2.45, 2.75) is 0 Å². The summed E-state index contributed by atoms with van der Waals surface area (Å²) in [7, 11) is 0. The lowest BCUT2D eigenvalue weighted by atomic mass is 10.3. The molecule has 4 N–H and O–H groups in total. The van der Waals surface area contributed by atoms with Gasteiger partial charge in [-0.3, -0.25) is 4.98 Å². The third-order valence-corrected chi connectivity index (χ3v) is 1.23. The van der Waals surface area contributed by atoms with Gasteiger partial charge in [0.25, 0.3) is 0 Å². The lowest BCUT2D eigenvalue weighted by Gasteiger charge is -1.92. The molecule has 0 radical (unpaired) electrons. The van der Waals surface area contributed by atoms with Crippen LogP contribution in [0.1, 0.15) is 5.69 Å². The van der Waals surface area contributed by atoms with E-state index >= 15 is 0 Å².